The Kier molecular flexibility index (Phi) is 5.77. The minimum absolute atomic E-state index is 0.0944. The van der Waals surface area contributed by atoms with E-state index in [-0.39, 0.29) is 17.1 Å². The number of fused-ring (bicyclic) bond motifs is 4. The van der Waals surface area contributed by atoms with Crippen LogP contribution in [0, 0.1) is 0 Å². The van der Waals surface area contributed by atoms with Crippen LogP contribution in [0.5, 0.6) is 0 Å². The maximum atomic E-state index is 13.9. The zero-order chi connectivity index (χ0) is 24.1. The molecule has 0 N–H and O–H groups in total. The molecule has 0 spiro atoms. The Hall–Kier alpha value is -2.90. The van der Waals surface area contributed by atoms with Gasteiger partial charge in [-0.05, 0) is 29.1 Å². The second-order valence-electron chi connectivity index (χ2n) is 8.87. The van der Waals surface area contributed by atoms with Crippen LogP contribution >= 0.6 is 23.2 Å². The summed E-state index contributed by atoms with van der Waals surface area (Å²) in [5, 5.41) is 2.98. The molecule has 178 valence electrons. The fraction of sp³-hybridized carbons (Fsp3) is 0.259. The summed E-state index contributed by atoms with van der Waals surface area (Å²) >= 11 is 12.5. The van der Waals surface area contributed by atoms with Gasteiger partial charge in [-0.25, -0.2) is 0 Å². The fourth-order valence-corrected chi connectivity index (χ4v) is 5.39. The van der Waals surface area contributed by atoms with Gasteiger partial charge in [0.15, 0.2) is 5.43 Å². The molecule has 8 heteroatoms. The predicted octanol–water partition coefficient (Wildman–Crippen LogP) is 5.13. The Balaban J connectivity index is 1.52. The van der Waals surface area contributed by atoms with Crippen LogP contribution in [0.3, 0.4) is 0 Å². The quantitative estimate of drug-likeness (QED) is 0.357. The molecule has 3 heterocycles. The number of carbonyl (C=O) groups excluding carboxylic acids is 1. The first kappa shape index (κ1) is 22.6. The lowest BCUT2D eigenvalue weighted by molar-refractivity contribution is 0.0314. The molecule has 0 radical (unpaired) electrons. The van der Waals surface area contributed by atoms with Crippen LogP contribution < -0.4 is 5.43 Å². The van der Waals surface area contributed by atoms with E-state index in [2.05, 4.69) is 4.90 Å². The third kappa shape index (κ3) is 3.81. The number of rotatable bonds is 4. The topological polar surface area (TPSA) is 63.0 Å². The highest BCUT2D eigenvalue weighted by Crippen LogP contribution is 2.40. The van der Waals surface area contributed by atoms with Gasteiger partial charge in [0.25, 0.3) is 5.91 Å². The van der Waals surface area contributed by atoms with Crippen LogP contribution in [0.1, 0.15) is 27.7 Å². The van der Waals surface area contributed by atoms with Crippen molar-refractivity contribution in [1.29, 1.82) is 0 Å². The van der Waals surface area contributed by atoms with Gasteiger partial charge in [0.05, 0.1) is 40.3 Å². The Bertz CT molecular complexity index is 1530. The normalized spacial score (nSPS) is 18.5. The smallest absolute Gasteiger partial charge is 0.290 e. The van der Waals surface area contributed by atoms with E-state index >= 15 is 0 Å². The highest BCUT2D eigenvalue weighted by Gasteiger charge is 2.43. The summed E-state index contributed by atoms with van der Waals surface area (Å²) in [6, 6.07) is 16.0. The summed E-state index contributed by atoms with van der Waals surface area (Å²) in [5.41, 5.74) is 1.30. The van der Waals surface area contributed by atoms with Gasteiger partial charge in [0.1, 0.15) is 5.58 Å². The minimum atomic E-state index is -0.611. The van der Waals surface area contributed by atoms with E-state index in [1.54, 1.807) is 23.1 Å². The molecular weight excluding hydrogens is 487 g/mol. The van der Waals surface area contributed by atoms with Crippen molar-refractivity contribution >= 4 is 50.9 Å². The van der Waals surface area contributed by atoms with Gasteiger partial charge < -0.3 is 14.1 Å². The molecule has 1 saturated heterocycles. The van der Waals surface area contributed by atoms with Crippen LogP contribution in [-0.4, -0.2) is 55.1 Å². The van der Waals surface area contributed by atoms with Gasteiger partial charge in [-0.15, -0.1) is 0 Å². The zero-order valence-corrected chi connectivity index (χ0v) is 20.3. The molecule has 0 bridgehead atoms. The van der Waals surface area contributed by atoms with Crippen LogP contribution in [-0.2, 0) is 4.74 Å². The van der Waals surface area contributed by atoms with Gasteiger partial charge in [0.2, 0.25) is 5.76 Å². The third-order valence-corrected chi connectivity index (χ3v) is 7.62. The number of benzene rings is 3. The van der Waals surface area contributed by atoms with E-state index in [9.17, 15) is 9.59 Å². The molecule has 0 aliphatic carbocycles. The largest absolute Gasteiger partial charge is 0.450 e. The molecule has 1 atom stereocenters. The van der Waals surface area contributed by atoms with Crippen LogP contribution in [0.15, 0.2) is 63.8 Å². The van der Waals surface area contributed by atoms with Gasteiger partial charge in [-0.2, -0.15) is 0 Å². The lowest BCUT2D eigenvalue weighted by Crippen LogP contribution is -2.42. The fourth-order valence-electron chi connectivity index (χ4n) is 5.08. The summed E-state index contributed by atoms with van der Waals surface area (Å²) in [5.74, 6) is -0.201. The highest BCUT2D eigenvalue weighted by molar-refractivity contribution is 6.42. The number of morpholine rings is 1. The maximum absolute atomic E-state index is 13.9. The lowest BCUT2D eigenvalue weighted by atomic mass is 9.97. The minimum Gasteiger partial charge on any atom is -0.450 e. The Morgan fingerprint density at radius 1 is 0.886 bits per heavy atom. The van der Waals surface area contributed by atoms with Crippen molar-refractivity contribution < 1.29 is 13.9 Å². The first-order valence-corrected chi connectivity index (χ1v) is 12.3. The molecule has 1 aromatic heterocycles. The Morgan fingerprint density at radius 2 is 1.69 bits per heavy atom. The number of hydrogen-bond donors (Lipinski definition) is 0. The maximum Gasteiger partial charge on any atom is 0.290 e. The van der Waals surface area contributed by atoms with E-state index in [0.717, 1.165) is 29.4 Å². The van der Waals surface area contributed by atoms with Crippen LogP contribution in [0.25, 0.3) is 21.7 Å². The summed E-state index contributed by atoms with van der Waals surface area (Å²) in [7, 11) is 0. The van der Waals surface area contributed by atoms with Crippen LogP contribution in [0.4, 0.5) is 0 Å². The molecule has 2 aliphatic heterocycles. The van der Waals surface area contributed by atoms with Gasteiger partial charge >= 0.3 is 0 Å². The van der Waals surface area contributed by atoms with Crippen LogP contribution in [0.2, 0.25) is 10.0 Å². The molecule has 1 amide bonds. The molecule has 6 nitrogen and oxygen atoms in total. The summed E-state index contributed by atoms with van der Waals surface area (Å²) < 4.78 is 11.7. The van der Waals surface area contributed by atoms with E-state index in [1.807, 2.05) is 36.4 Å². The average molecular weight is 509 g/mol. The second-order valence-corrected chi connectivity index (χ2v) is 9.68. The van der Waals surface area contributed by atoms with Crippen molar-refractivity contribution in [3.8, 4) is 0 Å². The molecule has 35 heavy (non-hydrogen) atoms. The number of halogens is 2. The van der Waals surface area contributed by atoms with Crippen molar-refractivity contribution in [2.45, 2.75) is 6.04 Å². The van der Waals surface area contributed by atoms with Crippen molar-refractivity contribution in [3.63, 3.8) is 0 Å². The third-order valence-electron chi connectivity index (χ3n) is 6.88. The van der Waals surface area contributed by atoms with E-state index in [1.165, 1.54) is 0 Å². The second kappa shape index (κ2) is 8.95. The van der Waals surface area contributed by atoms with Crippen molar-refractivity contribution in [3.05, 3.63) is 91.8 Å². The van der Waals surface area contributed by atoms with Crippen molar-refractivity contribution in [2.75, 3.05) is 39.4 Å². The summed E-state index contributed by atoms with van der Waals surface area (Å²) in [6.07, 6.45) is 0. The van der Waals surface area contributed by atoms with Crippen molar-refractivity contribution in [2.24, 2.45) is 0 Å². The number of nitrogens with zero attached hydrogens (tertiary/aromatic N) is 2. The number of carbonyl (C=O) groups is 1. The Labute approximate surface area is 211 Å². The number of hydrogen-bond acceptors (Lipinski definition) is 5. The molecule has 4 aromatic rings. The monoisotopic (exact) mass is 508 g/mol. The molecule has 6 rings (SSSR count). The first-order chi connectivity index (χ1) is 17.0. The molecule has 3 aromatic carbocycles. The average Bonchev–Trinajstić information content (AvgIpc) is 3.16. The summed E-state index contributed by atoms with van der Waals surface area (Å²) in [4.78, 5) is 31.6. The predicted molar refractivity (Wildman–Crippen MR) is 137 cm³/mol. The highest BCUT2D eigenvalue weighted by atomic mass is 35.5. The lowest BCUT2D eigenvalue weighted by Gasteiger charge is -2.31. The molecule has 2 aliphatic rings. The molecule has 1 fully saturated rings. The summed E-state index contributed by atoms with van der Waals surface area (Å²) in [6.45, 7) is 4.05. The molecule has 0 saturated carbocycles. The standard InChI is InChI=1S/C27H22Cl2N2O4/c28-20-8-6-17(15-21(20)29)23-22-24(32)19-7-5-16-3-1-2-4-18(16)25(19)35-26(22)27(33)31(23)10-9-30-11-13-34-14-12-30/h1-8,15,23H,9-14H2. The molecule has 1 unspecified atom stereocenters. The molecular formula is C27H22Cl2N2O4. The number of ether oxygens (including phenoxy) is 1. The van der Waals surface area contributed by atoms with Crippen molar-refractivity contribution in [1.82, 2.24) is 9.80 Å². The van der Waals surface area contributed by atoms with Gasteiger partial charge in [-0.3, -0.25) is 14.5 Å². The van der Waals surface area contributed by atoms with E-state index in [0.29, 0.717) is 52.9 Å². The van der Waals surface area contributed by atoms with E-state index in [4.69, 9.17) is 32.4 Å². The Morgan fingerprint density at radius 3 is 2.49 bits per heavy atom. The van der Waals surface area contributed by atoms with Gasteiger partial charge in [-0.1, -0.05) is 59.6 Å². The van der Waals surface area contributed by atoms with Gasteiger partial charge in [0, 0.05) is 31.6 Å². The SMILES string of the molecule is O=C1c2oc3c(ccc4ccccc43)c(=O)c2C(c2ccc(Cl)c(Cl)c2)N1CCN1CCOCC1. The van der Waals surface area contributed by atoms with E-state index < -0.39 is 6.04 Å². The number of amides is 1. The zero-order valence-electron chi connectivity index (χ0n) is 18.8. The first-order valence-electron chi connectivity index (χ1n) is 11.6.